The van der Waals surface area contributed by atoms with Gasteiger partial charge in [-0.25, -0.2) is 4.79 Å². The summed E-state index contributed by atoms with van der Waals surface area (Å²) in [4.78, 5) is 10.3. The predicted octanol–water partition coefficient (Wildman–Crippen LogP) is -1.44. The van der Waals surface area contributed by atoms with Crippen LogP contribution in [0.1, 0.15) is 13.8 Å². The van der Waals surface area contributed by atoms with Crippen LogP contribution >= 0.6 is 0 Å². The molecule has 11 heavy (non-hydrogen) atoms. The van der Waals surface area contributed by atoms with Gasteiger partial charge in [0, 0.05) is 0 Å². The van der Waals surface area contributed by atoms with Gasteiger partial charge in [0.05, 0.1) is 12.2 Å². The molecule has 0 aromatic carbocycles. The molecule has 0 radical (unpaired) electrons. The number of aliphatic carboxylic acids is 1. The predicted molar refractivity (Wildman–Crippen MR) is 35.9 cm³/mol. The smallest absolute Gasteiger partial charge is 0.341 e. The zero-order valence-corrected chi connectivity index (χ0v) is 6.35. The number of aliphatic hydroxyl groups excluding tert-OH is 2. The molecule has 0 aliphatic heterocycles. The third-order valence-corrected chi connectivity index (χ3v) is 1.62. The third kappa shape index (κ3) is 1.68. The first-order chi connectivity index (χ1) is 4.83. The molecule has 0 fully saturated rings. The Morgan fingerprint density at radius 1 is 1.27 bits per heavy atom. The van der Waals surface area contributed by atoms with Gasteiger partial charge in [0.25, 0.3) is 0 Å². The minimum absolute atomic E-state index is 1.10. The van der Waals surface area contributed by atoms with Crippen LogP contribution in [0.2, 0.25) is 0 Å². The molecule has 5 nitrogen and oxygen atoms in total. The summed E-state index contributed by atoms with van der Waals surface area (Å²) in [6, 6.07) is 0. The first kappa shape index (κ1) is 10.3. The molecular formula is C6H12O5. The summed E-state index contributed by atoms with van der Waals surface area (Å²) in [7, 11) is 0. The standard InChI is InChI=1S/C6H12O5/c1-3(7)6(11,4(2)8)5(9)10/h3-4,7-8,11H,1-2H3,(H,9,10). The van der Waals surface area contributed by atoms with Crippen molar-refractivity contribution in [2.45, 2.75) is 31.7 Å². The topological polar surface area (TPSA) is 98.0 Å². The second kappa shape index (κ2) is 3.17. The van der Waals surface area contributed by atoms with Gasteiger partial charge in [-0.05, 0) is 13.8 Å². The van der Waals surface area contributed by atoms with Gasteiger partial charge >= 0.3 is 5.97 Å². The van der Waals surface area contributed by atoms with Crippen LogP contribution in [0.4, 0.5) is 0 Å². The molecule has 0 aromatic rings. The van der Waals surface area contributed by atoms with Gasteiger partial charge in [-0.1, -0.05) is 0 Å². The van der Waals surface area contributed by atoms with Crippen molar-refractivity contribution in [2.75, 3.05) is 0 Å². The lowest BCUT2D eigenvalue weighted by molar-refractivity contribution is -0.187. The maximum Gasteiger partial charge on any atom is 0.341 e. The zero-order valence-electron chi connectivity index (χ0n) is 6.35. The van der Waals surface area contributed by atoms with Gasteiger partial charge in [-0.3, -0.25) is 0 Å². The largest absolute Gasteiger partial charge is 0.479 e. The van der Waals surface area contributed by atoms with Gasteiger partial charge in [0.2, 0.25) is 5.60 Å². The van der Waals surface area contributed by atoms with E-state index in [9.17, 15) is 4.79 Å². The number of aliphatic hydroxyl groups is 3. The zero-order chi connectivity index (χ0) is 9.23. The highest BCUT2D eigenvalue weighted by atomic mass is 16.4. The normalized spacial score (nSPS) is 21.9. The number of hydrogen-bond acceptors (Lipinski definition) is 4. The van der Waals surface area contributed by atoms with Crippen molar-refractivity contribution < 1.29 is 25.2 Å². The summed E-state index contributed by atoms with van der Waals surface area (Å²) in [5.74, 6) is -1.64. The molecule has 0 saturated heterocycles. The highest BCUT2D eigenvalue weighted by molar-refractivity contribution is 5.78. The summed E-state index contributed by atoms with van der Waals surface area (Å²) in [5, 5.41) is 35.2. The lowest BCUT2D eigenvalue weighted by atomic mass is 9.92. The molecule has 0 aromatic heterocycles. The van der Waals surface area contributed by atoms with Gasteiger partial charge in [-0.2, -0.15) is 0 Å². The van der Waals surface area contributed by atoms with Crippen LogP contribution < -0.4 is 0 Å². The van der Waals surface area contributed by atoms with Crippen LogP contribution in [0, 0.1) is 0 Å². The van der Waals surface area contributed by atoms with Crippen LogP contribution in [0.15, 0.2) is 0 Å². The van der Waals surface area contributed by atoms with E-state index in [1.54, 1.807) is 0 Å². The second-order valence-corrected chi connectivity index (χ2v) is 2.48. The Labute approximate surface area is 63.9 Å². The van der Waals surface area contributed by atoms with E-state index in [-0.39, 0.29) is 0 Å². The van der Waals surface area contributed by atoms with Crippen molar-refractivity contribution in [3.8, 4) is 0 Å². The maximum atomic E-state index is 10.3. The molecule has 2 atom stereocenters. The van der Waals surface area contributed by atoms with E-state index in [1.165, 1.54) is 0 Å². The number of carboxylic acids is 1. The number of carboxylic acid groups (broad SMARTS) is 1. The Morgan fingerprint density at radius 2 is 1.55 bits per heavy atom. The summed E-state index contributed by atoms with van der Waals surface area (Å²) in [6.45, 7) is 2.20. The van der Waals surface area contributed by atoms with E-state index in [1.807, 2.05) is 0 Å². The van der Waals surface area contributed by atoms with Crippen molar-refractivity contribution in [3.63, 3.8) is 0 Å². The molecule has 4 N–H and O–H groups in total. The quantitative estimate of drug-likeness (QED) is 0.409. The van der Waals surface area contributed by atoms with Crippen molar-refractivity contribution >= 4 is 5.97 Å². The first-order valence-electron chi connectivity index (χ1n) is 3.15. The Bertz CT molecular complexity index is 143. The molecule has 0 spiro atoms. The lowest BCUT2D eigenvalue weighted by Gasteiger charge is -2.28. The Balaban J connectivity index is 4.67. The summed E-state index contributed by atoms with van der Waals surface area (Å²) >= 11 is 0. The van der Waals surface area contributed by atoms with Crippen molar-refractivity contribution in [1.82, 2.24) is 0 Å². The lowest BCUT2D eigenvalue weighted by Crippen LogP contribution is -2.56. The molecule has 0 aliphatic carbocycles. The minimum atomic E-state index is -2.47. The minimum Gasteiger partial charge on any atom is -0.479 e. The molecule has 0 bridgehead atoms. The van der Waals surface area contributed by atoms with Gasteiger partial charge in [-0.15, -0.1) is 0 Å². The van der Waals surface area contributed by atoms with Gasteiger partial charge in [0.1, 0.15) is 0 Å². The van der Waals surface area contributed by atoms with E-state index in [4.69, 9.17) is 20.4 Å². The Kier molecular flexibility index (Phi) is 2.98. The fraction of sp³-hybridized carbons (Fsp3) is 0.833. The fourth-order valence-corrected chi connectivity index (χ4v) is 0.706. The van der Waals surface area contributed by atoms with E-state index >= 15 is 0 Å². The Hall–Kier alpha value is -0.650. The van der Waals surface area contributed by atoms with E-state index in [2.05, 4.69) is 0 Å². The molecular weight excluding hydrogens is 152 g/mol. The molecule has 0 heterocycles. The number of hydrogen-bond donors (Lipinski definition) is 4. The second-order valence-electron chi connectivity index (χ2n) is 2.48. The van der Waals surface area contributed by atoms with E-state index in [0.717, 1.165) is 13.8 Å². The maximum absolute atomic E-state index is 10.3. The summed E-state index contributed by atoms with van der Waals surface area (Å²) in [5.41, 5.74) is -2.47. The van der Waals surface area contributed by atoms with Crippen LogP contribution in [0.25, 0.3) is 0 Å². The average molecular weight is 164 g/mol. The average Bonchev–Trinajstić information content (AvgIpc) is 1.84. The van der Waals surface area contributed by atoms with Crippen molar-refractivity contribution in [3.05, 3.63) is 0 Å². The van der Waals surface area contributed by atoms with Crippen LogP contribution in [0.5, 0.6) is 0 Å². The number of carbonyl (C=O) groups is 1. The summed E-state index contributed by atoms with van der Waals surface area (Å²) < 4.78 is 0. The molecule has 0 aliphatic rings. The van der Waals surface area contributed by atoms with Crippen LogP contribution in [0.3, 0.4) is 0 Å². The number of rotatable bonds is 3. The third-order valence-electron chi connectivity index (χ3n) is 1.62. The molecule has 0 saturated carbocycles. The van der Waals surface area contributed by atoms with Crippen molar-refractivity contribution in [1.29, 1.82) is 0 Å². The monoisotopic (exact) mass is 164 g/mol. The van der Waals surface area contributed by atoms with Crippen LogP contribution in [-0.4, -0.2) is 44.2 Å². The molecule has 0 rings (SSSR count). The van der Waals surface area contributed by atoms with Crippen LogP contribution in [-0.2, 0) is 4.79 Å². The fourth-order valence-electron chi connectivity index (χ4n) is 0.706. The first-order valence-corrected chi connectivity index (χ1v) is 3.15. The van der Waals surface area contributed by atoms with Gasteiger partial charge in [0.15, 0.2) is 0 Å². The molecule has 2 unspecified atom stereocenters. The van der Waals surface area contributed by atoms with Gasteiger partial charge < -0.3 is 20.4 Å². The summed E-state index contributed by atoms with van der Waals surface area (Å²) in [6.07, 6.45) is -3.03. The molecule has 0 amide bonds. The molecule has 66 valence electrons. The van der Waals surface area contributed by atoms with E-state index < -0.39 is 23.8 Å². The van der Waals surface area contributed by atoms with Crippen molar-refractivity contribution in [2.24, 2.45) is 0 Å². The van der Waals surface area contributed by atoms with E-state index in [0.29, 0.717) is 0 Å². The molecule has 5 heteroatoms. The highest BCUT2D eigenvalue weighted by Gasteiger charge is 2.45. The Morgan fingerprint density at radius 3 is 1.55 bits per heavy atom. The SMILES string of the molecule is CC(O)C(O)(C(=O)O)C(C)O. The highest BCUT2D eigenvalue weighted by Crippen LogP contribution is 2.15.